The number of halogens is 1. The maximum atomic E-state index is 12.8. The lowest BCUT2D eigenvalue weighted by Crippen LogP contribution is -2.37. The van der Waals surface area contributed by atoms with Crippen LogP contribution in [0.5, 0.6) is 0 Å². The van der Waals surface area contributed by atoms with Gasteiger partial charge in [0.05, 0.1) is 12.3 Å². The molecule has 27 heavy (non-hydrogen) atoms. The van der Waals surface area contributed by atoms with Crippen molar-refractivity contribution in [2.24, 2.45) is 11.1 Å². The average molecular weight is 385 g/mol. The van der Waals surface area contributed by atoms with Crippen LogP contribution in [0.2, 0.25) is 5.02 Å². The summed E-state index contributed by atoms with van der Waals surface area (Å²) < 4.78 is 0. The number of amides is 1. The van der Waals surface area contributed by atoms with Gasteiger partial charge in [0.1, 0.15) is 0 Å². The number of nitrogens with zero attached hydrogens (tertiary/aromatic N) is 2. The van der Waals surface area contributed by atoms with E-state index in [4.69, 9.17) is 16.4 Å². The molecule has 0 bridgehead atoms. The summed E-state index contributed by atoms with van der Waals surface area (Å²) in [4.78, 5) is 20.3. The molecular weight excluding hydrogens is 360 g/mol. The minimum Gasteiger partial charge on any atom is -0.390 e. The zero-order chi connectivity index (χ0) is 19.2. The van der Waals surface area contributed by atoms with Crippen molar-refractivity contribution < 1.29 is 9.63 Å². The summed E-state index contributed by atoms with van der Waals surface area (Å²) in [6.07, 6.45) is 1.08. The van der Waals surface area contributed by atoms with Gasteiger partial charge in [0.15, 0.2) is 6.10 Å². The fourth-order valence-electron chi connectivity index (χ4n) is 3.16. The lowest BCUT2D eigenvalue weighted by molar-refractivity contribution is -0.134. The molecule has 0 aliphatic carbocycles. The molecule has 0 radical (unpaired) electrons. The van der Waals surface area contributed by atoms with E-state index in [1.807, 2.05) is 59.5 Å². The highest BCUT2D eigenvalue weighted by molar-refractivity contribution is 6.30. The highest BCUT2D eigenvalue weighted by Crippen LogP contribution is 2.20. The predicted octanol–water partition coefficient (Wildman–Crippen LogP) is 4.91. The number of oxime groups is 1. The topological polar surface area (TPSA) is 41.9 Å². The molecule has 1 atom stereocenters. The lowest BCUT2D eigenvalue weighted by Gasteiger charge is -2.26. The van der Waals surface area contributed by atoms with Gasteiger partial charge in [-0.2, -0.15) is 0 Å². The summed E-state index contributed by atoms with van der Waals surface area (Å²) in [6, 6.07) is 17.6. The SMILES string of the molecule is CC(C)CC(=O)N(Cc1cccc(Cl)c1)C[C@H]1CC(c2ccccc2)=NO1. The van der Waals surface area contributed by atoms with Gasteiger partial charge in [0.2, 0.25) is 5.91 Å². The Hall–Kier alpha value is -2.33. The Labute approximate surface area is 165 Å². The van der Waals surface area contributed by atoms with Crippen LogP contribution in [0.15, 0.2) is 59.8 Å². The molecule has 2 aromatic carbocycles. The second-order valence-electron chi connectivity index (χ2n) is 7.34. The third-order valence-electron chi connectivity index (χ3n) is 4.46. The van der Waals surface area contributed by atoms with Crippen LogP contribution in [0.4, 0.5) is 0 Å². The fourth-order valence-corrected chi connectivity index (χ4v) is 3.37. The Morgan fingerprint density at radius 1 is 1.22 bits per heavy atom. The average Bonchev–Trinajstić information content (AvgIpc) is 3.10. The molecule has 3 rings (SSSR count). The second kappa shape index (κ2) is 9.05. The molecular formula is C22H25ClN2O2. The first-order chi connectivity index (χ1) is 13.0. The molecule has 0 N–H and O–H groups in total. The van der Waals surface area contributed by atoms with E-state index >= 15 is 0 Å². The molecule has 0 fully saturated rings. The summed E-state index contributed by atoms with van der Waals surface area (Å²) in [6.45, 7) is 5.14. The van der Waals surface area contributed by atoms with Crippen molar-refractivity contribution >= 4 is 23.2 Å². The van der Waals surface area contributed by atoms with E-state index < -0.39 is 0 Å². The zero-order valence-electron chi connectivity index (χ0n) is 15.8. The fraction of sp³-hybridized carbons (Fsp3) is 0.364. The van der Waals surface area contributed by atoms with Crippen molar-refractivity contribution in [1.29, 1.82) is 0 Å². The van der Waals surface area contributed by atoms with Gasteiger partial charge in [-0.1, -0.05) is 73.1 Å². The van der Waals surface area contributed by atoms with Gasteiger partial charge in [-0.3, -0.25) is 4.79 Å². The van der Waals surface area contributed by atoms with E-state index in [2.05, 4.69) is 19.0 Å². The number of carbonyl (C=O) groups is 1. The molecule has 142 valence electrons. The molecule has 2 aromatic rings. The van der Waals surface area contributed by atoms with Crippen LogP contribution in [0, 0.1) is 5.92 Å². The van der Waals surface area contributed by atoms with Crippen molar-refractivity contribution in [3.05, 3.63) is 70.7 Å². The summed E-state index contributed by atoms with van der Waals surface area (Å²) in [5.74, 6) is 0.432. The second-order valence-corrected chi connectivity index (χ2v) is 7.77. The number of benzene rings is 2. The van der Waals surface area contributed by atoms with E-state index in [-0.39, 0.29) is 12.0 Å². The van der Waals surface area contributed by atoms with Crippen molar-refractivity contribution in [2.75, 3.05) is 6.54 Å². The van der Waals surface area contributed by atoms with Crippen LogP contribution < -0.4 is 0 Å². The summed E-state index contributed by atoms with van der Waals surface area (Å²) in [5, 5.41) is 4.92. The van der Waals surface area contributed by atoms with Crippen LogP contribution in [-0.4, -0.2) is 29.2 Å². The maximum Gasteiger partial charge on any atom is 0.223 e. The molecule has 0 aromatic heterocycles. The van der Waals surface area contributed by atoms with Crippen LogP contribution in [0.25, 0.3) is 0 Å². The molecule has 4 nitrogen and oxygen atoms in total. The number of carbonyl (C=O) groups excluding carboxylic acids is 1. The Balaban J connectivity index is 1.67. The summed E-state index contributed by atoms with van der Waals surface area (Å²) in [7, 11) is 0. The van der Waals surface area contributed by atoms with Gasteiger partial charge < -0.3 is 9.74 Å². The molecule has 1 amide bonds. The van der Waals surface area contributed by atoms with Crippen LogP contribution >= 0.6 is 11.6 Å². The third kappa shape index (κ3) is 5.57. The summed E-state index contributed by atoms with van der Waals surface area (Å²) in [5.41, 5.74) is 3.01. The summed E-state index contributed by atoms with van der Waals surface area (Å²) >= 11 is 6.10. The van der Waals surface area contributed by atoms with Crippen LogP contribution in [0.3, 0.4) is 0 Å². The quantitative estimate of drug-likeness (QED) is 0.680. The zero-order valence-corrected chi connectivity index (χ0v) is 16.5. The smallest absolute Gasteiger partial charge is 0.223 e. The molecule has 0 saturated heterocycles. The van der Waals surface area contributed by atoms with Crippen molar-refractivity contribution in [3.63, 3.8) is 0 Å². The van der Waals surface area contributed by atoms with Crippen LogP contribution in [-0.2, 0) is 16.2 Å². The molecule has 1 aliphatic rings. The minimum absolute atomic E-state index is 0.127. The molecule has 1 heterocycles. The van der Waals surface area contributed by atoms with Crippen molar-refractivity contribution in [3.8, 4) is 0 Å². The standard InChI is InChI=1S/C22H25ClN2O2/c1-16(2)11-22(26)25(14-17-7-6-10-19(23)12-17)15-20-13-21(24-27-20)18-8-4-3-5-9-18/h3-10,12,16,20H,11,13-15H2,1-2H3/t20-/m1/s1. The number of hydrogen-bond donors (Lipinski definition) is 0. The van der Waals surface area contributed by atoms with Gasteiger partial charge in [0.25, 0.3) is 0 Å². The first-order valence-corrected chi connectivity index (χ1v) is 9.69. The highest BCUT2D eigenvalue weighted by Gasteiger charge is 2.27. The van der Waals surface area contributed by atoms with E-state index in [9.17, 15) is 4.79 Å². The molecule has 1 aliphatic heterocycles. The Kier molecular flexibility index (Phi) is 6.51. The van der Waals surface area contributed by atoms with Gasteiger partial charge >= 0.3 is 0 Å². The van der Waals surface area contributed by atoms with Gasteiger partial charge in [-0.05, 0) is 29.2 Å². The molecule has 0 saturated carbocycles. The van der Waals surface area contributed by atoms with Gasteiger partial charge in [0, 0.05) is 24.4 Å². The van der Waals surface area contributed by atoms with Crippen LogP contribution in [0.1, 0.15) is 37.8 Å². The van der Waals surface area contributed by atoms with Crippen molar-refractivity contribution in [1.82, 2.24) is 4.90 Å². The molecule has 5 heteroatoms. The maximum absolute atomic E-state index is 12.8. The third-order valence-corrected chi connectivity index (χ3v) is 4.70. The first kappa shape index (κ1) is 19.4. The van der Waals surface area contributed by atoms with E-state index in [1.165, 1.54) is 0 Å². The first-order valence-electron chi connectivity index (χ1n) is 9.31. The Morgan fingerprint density at radius 2 is 2.00 bits per heavy atom. The minimum atomic E-state index is -0.129. The molecule has 0 unspecified atom stereocenters. The highest BCUT2D eigenvalue weighted by atomic mass is 35.5. The predicted molar refractivity (Wildman–Crippen MR) is 109 cm³/mol. The Bertz CT molecular complexity index is 805. The van der Waals surface area contributed by atoms with Gasteiger partial charge in [-0.25, -0.2) is 0 Å². The molecule has 0 spiro atoms. The lowest BCUT2D eigenvalue weighted by atomic mass is 10.0. The Morgan fingerprint density at radius 3 is 2.70 bits per heavy atom. The largest absolute Gasteiger partial charge is 0.390 e. The van der Waals surface area contributed by atoms with E-state index in [0.29, 0.717) is 36.9 Å². The van der Waals surface area contributed by atoms with Gasteiger partial charge in [-0.15, -0.1) is 0 Å². The monoisotopic (exact) mass is 384 g/mol. The number of hydrogen-bond acceptors (Lipinski definition) is 3. The van der Waals surface area contributed by atoms with Crippen molar-refractivity contribution in [2.45, 2.75) is 39.3 Å². The normalized spacial score (nSPS) is 16.1. The van der Waals surface area contributed by atoms with E-state index in [0.717, 1.165) is 16.8 Å². The number of rotatable bonds is 7. The van der Waals surface area contributed by atoms with E-state index in [1.54, 1.807) is 0 Å².